The molecule has 0 saturated heterocycles. The molecule has 0 spiro atoms. The third-order valence-corrected chi connectivity index (χ3v) is 6.47. The fourth-order valence-electron chi connectivity index (χ4n) is 2.56. The second-order valence-electron chi connectivity index (χ2n) is 6.43. The Morgan fingerprint density at radius 1 is 1.11 bits per heavy atom. The Bertz CT molecular complexity index is 934. The highest BCUT2D eigenvalue weighted by atomic mass is 32.2. The van der Waals surface area contributed by atoms with Crippen molar-refractivity contribution in [3.8, 4) is 11.3 Å². The van der Waals surface area contributed by atoms with Crippen molar-refractivity contribution in [3.63, 3.8) is 0 Å². The topological polar surface area (TPSA) is 71.1 Å². The van der Waals surface area contributed by atoms with Gasteiger partial charge < -0.3 is 10.6 Å². The summed E-state index contributed by atoms with van der Waals surface area (Å²) in [6.07, 6.45) is 2.04. The van der Waals surface area contributed by atoms with Gasteiger partial charge in [-0.15, -0.1) is 34.4 Å². The van der Waals surface area contributed by atoms with E-state index < -0.39 is 6.04 Å². The molecule has 1 atom stereocenters. The number of amides is 2. The lowest BCUT2D eigenvalue weighted by atomic mass is 10.0. The predicted octanol–water partition coefficient (Wildman–Crippen LogP) is 4.99. The number of nitrogens with one attached hydrogen (secondary N) is 2. The summed E-state index contributed by atoms with van der Waals surface area (Å²) in [5.74, 6) is -0.557. The van der Waals surface area contributed by atoms with Crippen LogP contribution in [-0.4, -0.2) is 29.1 Å². The van der Waals surface area contributed by atoms with E-state index >= 15 is 0 Å². The Labute approximate surface area is 176 Å². The van der Waals surface area contributed by atoms with Gasteiger partial charge in [-0.2, -0.15) is 0 Å². The number of thiophene rings is 1. The number of anilines is 1. The molecule has 0 aliphatic carbocycles. The van der Waals surface area contributed by atoms with E-state index in [4.69, 9.17) is 0 Å². The van der Waals surface area contributed by atoms with Gasteiger partial charge >= 0.3 is 0 Å². The van der Waals surface area contributed by atoms with Crippen LogP contribution in [-0.2, 0) is 4.79 Å². The molecule has 8 heteroatoms. The molecule has 1 aromatic carbocycles. The van der Waals surface area contributed by atoms with Gasteiger partial charge in [0.1, 0.15) is 6.04 Å². The van der Waals surface area contributed by atoms with Gasteiger partial charge in [0.05, 0.1) is 10.6 Å². The van der Waals surface area contributed by atoms with Crippen LogP contribution in [0.3, 0.4) is 0 Å². The van der Waals surface area contributed by atoms with Crippen molar-refractivity contribution < 1.29 is 9.59 Å². The van der Waals surface area contributed by atoms with E-state index in [1.54, 1.807) is 17.8 Å². The first-order chi connectivity index (χ1) is 13.5. The second-order valence-corrected chi connectivity index (χ2v) is 9.11. The number of nitrogens with zero attached hydrogens (tertiary/aromatic N) is 1. The quantitative estimate of drug-likeness (QED) is 0.517. The first-order valence-corrected chi connectivity index (χ1v) is 11.7. The Kier molecular flexibility index (Phi) is 6.88. The van der Waals surface area contributed by atoms with E-state index in [0.29, 0.717) is 10.0 Å². The zero-order valence-corrected chi connectivity index (χ0v) is 18.2. The fourth-order valence-corrected chi connectivity index (χ4v) is 4.32. The number of hydrogen-bond acceptors (Lipinski definition) is 6. The van der Waals surface area contributed by atoms with Crippen molar-refractivity contribution >= 4 is 51.4 Å². The fraction of sp³-hybridized carbons (Fsp3) is 0.250. The molecule has 0 bridgehead atoms. The second kappa shape index (κ2) is 9.36. The number of rotatable bonds is 7. The molecule has 1 unspecified atom stereocenters. The lowest BCUT2D eigenvalue weighted by Crippen LogP contribution is -2.46. The standard InChI is InChI=1S/C20H21N3O2S3/c1-12(2)17(22-18(24)16-5-4-10-27-16)19(25)23-20-21-15(11-28-20)13-6-8-14(26-3)9-7-13/h4-12,17H,1-3H3,(H,22,24)(H,21,23,25). The molecule has 28 heavy (non-hydrogen) atoms. The number of benzene rings is 1. The summed E-state index contributed by atoms with van der Waals surface area (Å²) in [7, 11) is 0. The van der Waals surface area contributed by atoms with E-state index in [1.807, 2.05) is 61.2 Å². The third-order valence-electron chi connectivity index (χ3n) is 4.10. The molecule has 0 saturated carbocycles. The average molecular weight is 432 g/mol. The number of carbonyl (C=O) groups excluding carboxylic acids is 2. The highest BCUT2D eigenvalue weighted by Gasteiger charge is 2.25. The largest absolute Gasteiger partial charge is 0.339 e. The summed E-state index contributed by atoms with van der Waals surface area (Å²) < 4.78 is 0. The smallest absolute Gasteiger partial charge is 0.262 e. The minimum absolute atomic E-state index is 0.0533. The Balaban J connectivity index is 1.68. The average Bonchev–Trinajstić information content (AvgIpc) is 3.38. The van der Waals surface area contributed by atoms with Crippen molar-refractivity contribution in [1.29, 1.82) is 0 Å². The molecule has 0 aliphatic rings. The van der Waals surface area contributed by atoms with E-state index in [1.165, 1.54) is 27.6 Å². The van der Waals surface area contributed by atoms with Crippen LogP contribution in [0.5, 0.6) is 0 Å². The molecule has 2 amide bonds. The molecule has 0 fully saturated rings. The zero-order chi connectivity index (χ0) is 20.1. The maximum Gasteiger partial charge on any atom is 0.262 e. The lowest BCUT2D eigenvalue weighted by Gasteiger charge is -2.20. The molecule has 0 radical (unpaired) electrons. The Morgan fingerprint density at radius 2 is 1.86 bits per heavy atom. The maximum absolute atomic E-state index is 12.7. The molecular formula is C20H21N3O2S3. The van der Waals surface area contributed by atoms with Gasteiger partial charge in [-0.05, 0) is 35.8 Å². The maximum atomic E-state index is 12.7. The Hall–Kier alpha value is -2.16. The monoisotopic (exact) mass is 431 g/mol. The molecular weight excluding hydrogens is 410 g/mol. The van der Waals surface area contributed by atoms with Crippen molar-refractivity contribution in [2.75, 3.05) is 11.6 Å². The molecule has 2 aromatic heterocycles. The van der Waals surface area contributed by atoms with Crippen molar-refractivity contribution in [3.05, 3.63) is 52.0 Å². The van der Waals surface area contributed by atoms with Gasteiger partial charge in [-0.1, -0.05) is 32.0 Å². The highest BCUT2D eigenvalue weighted by molar-refractivity contribution is 7.98. The molecule has 3 rings (SSSR count). The minimum atomic E-state index is -0.636. The van der Waals surface area contributed by atoms with Crippen LogP contribution in [0.2, 0.25) is 0 Å². The molecule has 146 valence electrons. The lowest BCUT2D eigenvalue weighted by molar-refractivity contribution is -0.118. The number of hydrogen-bond donors (Lipinski definition) is 2. The molecule has 3 aromatic rings. The van der Waals surface area contributed by atoms with Gasteiger partial charge in [0.25, 0.3) is 5.91 Å². The Morgan fingerprint density at radius 3 is 2.46 bits per heavy atom. The predicted molar refractivity (Wildman–Crippen MR) is 118 cm³/mol. The van der Waals surface area contributed by atoms with Crippen LogP contribution < -0.4 is 10.6 Å². The van der Waals surface area contributed by atoms with Crippen LogP contribution in [0.4, 0.5) is 5.13 Å². The van der Waals surface area contributed by atoms with Crippen molar-refractivity contribution in [2.45, 2.75) is 24.8 Å². The molecule has 2 N–H and O–H groups in total. The summed E-state index contributed by atoms with van der Waals surface area (Å²) in [5, 5.41) is 9.93. The van der Waals surface area contributed by atoms with Gasteiger partial charge in [0.15, 0.2) is 5.13 Å². The van der Waals surface area contributed by atoms with E-state index in [2.05, 4.69) is 15.6 Å². The SMILES string of the molecule is CSc1ccc(-c2csc(NC(=O)C(NC(=O)c3cccs3)C(C)C)n2)cc1. The summed E-state index contributed by atoms with van der Waals surface area (Å²) in [4.78, 5) is 31.3. The number of carbonyl (C=O) groups is 2. The molecule has 5 nitrogen and oxygen atoms in total. The van der Waals surface area contributed by atoms with E-state index in [-0.39, 0.29) is 17.7 Å². The van der Waals surface area contributed by atoms with Gasteiger partial charge in [0.2, 0.25) is 5.91 Å². The van der Waals surface area contributed by atoms with Crippen LogP contribution in [0.15, 0.2) is 52.1 Å². The van der Waals surface area contributed by atoms with Crippen molar-refractivity contribution in [1.82, 2.24) is 10.3 Å². The number of thioether (sulfide) groups is 1. The summed E-state index contributed by atoms with van der Waals surface area (Å²) >= 11 is 4.41. The van der Waals surface area contributed by atoms with E-state index in [0.717, 1.165) is 11.3 Å². The number of thiazole rings is 1. The first-order valence-electron chi connectivity index (χ1n) is 8.73. The van der Waals surface area contributed by atoms with E-state index in [9.17, 15) is 9.59 Å². The van der Waals surface area contributed by atoms with Crippen LogP contribution in [0, 0.1) is 5.92 Å². The van der Waals surface area contributed by atoms with Crippen LogP contribution >= 0.6 is 34.4 Å². The first kappa shape index (κ1) is 20.6. The highest BCUT2D eigenvalue weighted by Crippen LogP contribution is 2.27. The van der Waals surface area contributed by atoms with Gasteiger partial charge in [-0.25, -0.2) is 4.98 Å². The normalized spacial score (nSPS) is 12.0. The number of aromatic nitrogens is 1. The van der Waals surface area contributed by atoms with Gasteiger partial charge in [-0.3, -0.25) is 9.59 Å². The zero-order valence-electron chi connectivity index (χ0n) is 15.8. The minimum Gasteiger partial charge on any atom is -0.339 e. The molecule has 0 aliphatic heterocycles. The van der Waals surface area contributed by atoms with Crippen molar-refractivity contribution in [2.24, 2.45) is 5.92 Å². The third kappa shape index (κ3) is 5.01. The van der Waals surface area contributed by atoms with Gasteiger partial charge in [0, 0.05) is 15.8 Å². The summed E-state index contributed by atoms with van der Waals surface area (Å²) in [5.41, 5.74) is 1.82. The molecule has 2 heterocycles. The summed E-state index contributed by atoms with van der Waals surface area (Å²) in [6, 6.07) is 11.1. The summed E-state index contributed by atoms with van der Waals surface area (Å²) in [6.45, 7) is 3.80. The van der Waals surface area contributed by atoms with Crippen LogP contribution in [0.25, 0.3) is 11.3 Å². The van der Waals surface area contributed by atoms with Crippen LogP contribution in [0.1, 0.15) is 23.5 Å².